The molecule has 0 fully saturated rings. The highest BCUT2D eigenvalue weighted by molar-refractivity contribution is 5.36. The number of benzene rings is 3. The first-order valence-electron chi connectivity index (χ1n) is 10.0. The largest absolute Gasteiger partial charge is 0.494 e. The third-order valence-electron chi connectivity index (χ3n) is 5.12. The van der Waals surface area contributed by atoms with Crippen molar-refractivity contribution in [3.05, 3.63) is 120 Å². The van der Waals surface area contributed by atoms with Crippen LogP contribution in [-0.4, -0.2) is 11.0 Å². The molecule has 0 bridgehead atoms. The quantitative estimate of drug-likeness (QED) is 0.506. The molecule has 1 heterocycles. The minimum atomic E-state index is 0.106. The van der Waals surface area contributed by atoms with Crippen molar-refractivity contribution in [1.82, 2.24) is 4.90 Å². The van der Waals surface area contributed by atoms with Gasteiger partial charge in [-0.1, -0.05) is 91.0 Å². The third kappa shape index (κ3) is 4.02. The van der Waals surface area contributed by atoms with Crippen molar-refractivity contribution in [2.24, 2.45) is 0 Å². The predicted octanol–water partition coefficient (Wildman–Crippen LogP) is 6.29. The van der Waals surface area contributed by atoms with Crippen molar-refractivity contribution in [3.8, 4) is 0 Å². The lowest BCUT2D eigenvalue weighted by Gasteiger charge is -2.32. The van der Waals surface area contributed by atoms with Gasteiger partial charge in [-0.2, -0.15) is 0 Å². The minimum absolute atomic E-state index is 0.106. The first-order chi connectivity index (χ1) is 13.7. The Bertz CT molecular complexity index is 903. The highest BCUT2D eigenvalue weighted by Gasteiger charge is 2.38. The van der Waals surface area contributed by atoms with Gasteiger partial charge in [-0.3, -0.25) is 4.90 Å². The molecule has 1 aliphatic rings. The van der Waals surface area contributed by atoms with Crippen LogP contribution in [0.25, 0.3) is 0 Å². The van der Waals surface area contributed by atoms with E-state index in [-0.39, 0.29) is 18.2 Å². The molecule has 0 unspecified atom stereocenters. The summed E-state index contributed by atoms with van der Waals surface area (Å²) >= 11 is 0. The summed E-state index contributed by atoms with van der Waals surface area (Å²) in [5.41, 5.74) is 3.87. The molecule has 0 saturated heterocycles. The van der Waals surface area contributed by atoms with Crippen LogP contribution in [-0.2, 0) is 11.3 Å². The topological polar surface area (TPSA) is 12.5 Å². The Morgan fingerprint density at radius 2 is 1.29 bits per heavy atom. The molecule has 0 radical (unpaired) electrons. The summed E-state index contributed by atoms with van der Waals surface area (Å²) in [6.07, 6.45) is 2.45. The number of ether oxygens (including phenoxy) is 1. The van der Waals surface area contributed by atoms with E-state index in [0.29, 0.717) is 0 Å². The third-order valence-corrected chi connectivity index (χ3v) is 5.12. The van der Waals surface area contributed by atoms with Gasteiger partial charge in [0.15, 0.2) is 0 Å². The van der Waals surface area contributed by atoms with Crippen LogP contribution in [0.15, 0.2) is 103 Å². The Kier molecular flexibility index (Phi) is 5.59. The fourth-order valence-electron chi connectivity index (χ4n) is 3.96. The zero-order valence-electron chi connectivity index (χ0n) is 16.5. The normalized spacial score (nSPS) is 19.6. The van der Waals surface area contributed by atoms with Crippen LogP contribution in [0.2, 0.25) is 0 Å². The lowest BCUT2D eigenvalue weighted by molar-refractivity contribution is 0.0960. The van der Waals surface area contributed by atoms with Crippen molar-refractivity contribution < 1.29 is 4.74 Å². The Labute approximate surface area is 168 Å². The van der Waals surface area contributed by atoms with Crippen LogP contribution in [0, 0.1) is 0 Å². The van der Waals surface area contributed by atoms with E-state index in [9.17, 15) is 0 Å². The summed E-state index contributed by atoms with van der Waals surface area (Å²) in [6, 6.07) is 32.4. The summed E-state index contributed by atoms with van der Waals surface area (Å²) in [4.78, 5) is 2.54. The van der Waals surface area contributed by atoms with Gasteiger partial charge < -0.3 is 4.74 Å². The number of rotatable bonds is 6. The highest BCUT2D eigenvalue weighted by Crippen LogP contribution is 2.45. The fraction of sp³-hybridized carbons (Fsp3) is 0.231. The molecule has 2 atom stereocenters. The van der Waals surface area contributed by atoms with Gasteiger partial charge in [-0.25, -0.2) is 0 Å². The average Bonchev–Trinajstić information content (AvgIpc) is 3.07. The molecule has 0 spiro atoms. The van der Waals surface area contributed by atoms with Crippen LogP contribution >= 0.6 is 0 Å². The van der Waals surface area contributed by atoms with Crippen LogP contribution in [0.4, 0.5) is 0 Å². The van der Waals surface area contributed by atoms with E-state index in [1.807, 2.05) is 0 Å². The summed E-state index contributed by atoms with van der Waals surface area (Å²) in [5, 5.41) is 0. The van der Waals surface area contributed by atoms with E-state index in [2.05, 4.69) is 116 Å². The van der Waals surface area contributed by atoms with Crippen LogP contribution in [0.5, 0.6) is 0 Å². The maximum atomic E-state index is 6.32. The van der Waals surface area contributed by atoms with E-state index in [1.165, 1.54) is 16.7 Å². The molecular weight excluding hydrogens is 342 g/mol. The fourth-order valence-corrected chi connectivity index (χ4v) is 3.96. The van der Waals surface area contributed by atoms with Gasteiger partial charge >= 0.3 is 0 Å². The molecular formula is C26H27NO. The molecule has 0 N–H and O–H groups in total. The molecule has 0 amide bonds. The van der Waals surface area contributed by atoms with Crippen molar-refractivity contribution >= 4 is 0 Å². The molecule has 3 aromatic carbocycles. The number of nitrogens with zero attached hydrogens (tertiary/aromatic N) is 1. The van der Waals surface area contributed by atoms with E-state index in [1.54, 1.807) is 0 Å². The van der Waals surface area contributed by atoms with E-state index in [4.69, 9.17) is 4.74 Å². The first kappa shape index (κ1) is 18.5. The maximum absolute atomic E-state index is 6.32. The van der Waals surface area contributed by atoms with Gasteiger partial charge in [0.2, 0.25) is 0 Å². The maximum Gasteiger partial charge on any atom is 0.116 e. The summed E-state index contributed by atoms with van der Waals surface area (Å²) in [6.45, 7) is 5.06. The van der Waals surface area contributed by atoms with Crippen molar-refractivity contribution in [3.63, 3.8) is 0 Å². The van der Waals surface area contributed by atoms with E-state index >= 15 is 0 Å². The molecule has 4 rings (SSSR count). The van der Waals surface area contributed by atoms with Gasteiger partial charge in [-0.15, -0.1) is 0 Å². The first-order valence-corrected chi connectivity index (χ1v) is 10.0. The van der Waals surface area contributed by atoms with Crippen molar-refractivity contribution in [2.75, 3.05) is 0 Å². The van der Waals surface area contributed by atoms with Gasteiger partial charge in [0.05, 0.1) is 18.2 Å². The second kappa shape index (κ2) is 8.45. The zero-order valence-corrected chi connectivity index (χ0v) is 16.5. The molecule has 142 valence electrons. The average molecular weight is 370 g/mol. The number of hydrogen-bond acceptors (Lipinski definition) is 2. The summed E-state index contributed by atoms with van der Waals surface area (Å²) in [7, 11) is 0. The van der Waals surface area contributed by atoms with Gasteiger partial charge in [0.1, 0.15) is 5.76 Å². The summed E-state index contributed by atoms with van der Waals surface area (Å²) < 4.78 is 6.32. The predicted molar refractivity (Wildman–Crippen MR) is 115 cm³/mol. The molecule has 1 aliphatic heterocycles. The van der Waals surface area contributed by atoms with E-state index in [0.717, 1.165) is 12.3 Å². The van der Waals surface area contributed by atoms with Crippen molar-refractivity contribution in [2.45, 2.75) is 38.6 Å². The zero-order chi connectivity index (χ0) is 19.3. The molecule has 3 aromatic rings. The Morgan fingerprint density at radius 1 is 0.750 bits per heavy atom. The number of hydrogen-bond donors (Lipinski definition) is 0. The summed E-state index contributed by atoms with van der Waals surface area (Å²) in [5.74, 6) is 1.05. The van der Waals surface area contributed by atoms with Gasteiger partial charge in [0.25, 0.3) is 0 Å². The smallest absolute Gasteiger partial charge is 0.116 e. The molecule has 0 aliphatic carbocycles. The molecule has 0 saturated carbocycles. The molecule has 0 aromatic heterocycles. The SMILES string of the molecule is CC(C)OC1=C[C@H](c2ccccc2)N(Cc2ccccc2)[C@H]1c1ccccc1. The minimum Gasteiger partial charge on any atom is -0.494 e. The van der Waals surface area contributed by atoms with Crippen LogP contribution in [0.1, 0.15) is 42.6 Å². The Balaban J connectivity index is 1.77. The lowest BCUT2D eigenvalue weighted by atomic mass is 10.0. The van der Waals surface area contributed by atoms with Gasteiger partial charge in [0, 0.05) is 6.54 Å². The second-order valence-electron chi connectivity index (χ2n) is 7.56. The van der Waals surface area contributed by atoms with Gasteiger partial charge in [-0.05, 0) is 36.6 Å². The highest BCUT2D eigenvalue weighted by atomic mass is 16.5. The van der Waals surface area contributed by atoms with Crippen LogP contribution in [0.3, 0.4) is 0 Å². The molecule has 2 nitrogen and oxygen atoms in total. The monoisotopic (exact) mass is 369 g/mol. The second-order valence-corrected chi connectivity index (χ2v) is 7.56. The Morgan fingerprint density at radius 3 is 1.86 bits per heavy atom. The molecule has 28 heavy (non-hydrogen) atoms. The van der Waals surface area contributed by atoms with Crippen LogP contribution < -0.4 is 0 Å². The molecule has 2 heteroatoms. The van der Waals surface area contributed by atoms with Crippen molar-refractivity contribution in [1.29, 1.82) is 0 Å². The standard InChI is InChI=1S/C26H27NO/c1-20(2)28-25-18-24(22-14-8-4-9-15-22)27(19-21-12-6-3-7-13-21)26(25)23-16-10-5-11-17-23/h3-18,20,24,26H,19H2,1-2H3/t24-,26+/m1/s1. The Hall–Kier alpha value is -2.84. The van der Waals surface area contributed by atoms with E-state index < -0.39 is 0 Å². The lowest BCUT2D eigenvalue weighted by Crippen LogP contribution is -2.28.